The zero-order chi connectivity index (χ0) is 24.2. The van der Waals surface area contributed by atoms with Crippen LogP contribution in [0.25, 0.3) is 5.69 Å². The van der Waals surface area contributed by atoms with Crippen LogP contribution in [0.5, 0.6) is 0 Å². The predicted molar refractivity (Wildman–Crippen MR) is 129 cm³/mol. The van der Waals surface area contributed by atoms with Crippen molar-refractivity contribution >= 4 is 23.8 Å². The second kappa shape index (κ2) is 7.97. The molecule has 3 atom stereocenters. The molecule has 3 unspecified atom stereocenters. The zero-order valence-corrected chi connectivity index (χ0v) is 19.4. The molecule has 0 radical (unpaired) electrons. The lowest BCUT2D eigenvalue weighted by atomic mass is 9.97. The molecule has 2 aliphatic heterocycles. The summed E-state index contributed by atoms with van der Waals surface area (Å²) in [6.07, 6.45) is 2.40. The third kappa shape index (κ3) is 3.46. The number of amides is 5. The Hall–Kier alpha value is -4.14. The summed E-state index contributed by atoms with van der Waals surface area (Å²) < 4.78 is 1.65. The molecule has 1 saturated carbocycles. The summed E-state index contributed by atoms with van der Waals surface area (Å²) in [4.78, 5) is 44.6. The van der Waals surface area contributed by atoms with E-state index in [2.05, 4.69) is 10.4 Å². The van der Waals surface area contributed by atoms with Gasteiger partial charge >= 0.3 is 12.1 Å². The lowest BCUT2D eigenvalue weighted by Gasteiger charge is -2.42. The summed E-state index contributed by atoms with van der Waals surface area (Å²) in [7, 11) is 0. The minimum atomic E-state index is -1.07. The van der Waals surface area contributed by atoms with E-state index >= 15 is 0 Å². The third-order valence-electron chi connectivity index (χ3n) is 7.29. The largest absolute Gasteiger partial charge is 0.328 e. The summed E-state index contributed by atoms with van der Waals surface area (Å²) in [5, 5.41) is 7.23. The van der Waals surface area contributed by atoms with Crippen molar-refractivity contribution in [2.75, 3.05) is 25.0 Å². The van der Waals surface area contributed by atoms with Gasteiger partial charge in [0, 0.05) is 31.1 Å². The van der Waals surface area contributed by atoms with Crippen LogP contribution in [-0.2, 0) is 4.79 Å². The molecule has 3 aliphatic rings. The molecule has 9 nitrogen and oxygen atoms in total. The third-order valence-corrected chi connectivity index (χ3v) is 7.29. The first-order valence-corrected chi connectivity index (χ1v) is 11.8. The minimum absolute atomic E-state index is 0.123. The number of aromatic nitrogens is 2. The highest BCUT2D eigenvalue weighted by Gasteiger charge is 2.62. The maximum Gasteiger partial charge on any atom is 0.328 e. The summed E-state index contributed by atoms with van der Waals surface area (Å²) >= 11 is 0. The van der Waals surface area contributed by atoms with Gasteiger partial charge in [-0.05, 0) is 31.0 Å². The smallest absolute Gasteiger partial charge is 0.320 e. The molecule has 3 aromatic rings. The number of carbonyl (C=O) groups excluding carboxylic acids is 3. The number of carbonyl (C=O) groups is 3. The normalized spacial score (nSPS) is 25.6. The molecule has 178 valence electrons. The molecule has 35 heavy (non-hydrogen) atoms. The van der Waals surface area contributed by atoms with Gasteiger partial charge in [-0.1, -0.05) is 48.5 Å². The first-order chi connectivity index (χ1) is 17.0. The van der Waals surface area contributed by atoms with Gasteiger partial charge in [0.15, 0.2) is 0 Å². The Morgan fingerprint density at radius 3 is 2.46 bits per heavy atom. The summed E-state index contributed by atoms with van der Waals surface area (Å²) in [5.74, 6) is 0.484. The molecular weight excluding hydrogens is 444 g/mol. The average molecular weight is 471 g/mol. The number of para-hydroxylation sites is 1. The Morgan fingerprint density at radius 1 is 1.00 bits per heavy atom. The van der Waals surface area contributed by atoms with Crippen LogP contribution in [0.2, 0.25) is 0 Å². The summed E-state index contributed by atoms with van der Waals surface area (Å²) in [6.45, 7) is 2.56. The van der Waals surface area contributed by atoms with E-state index in [1.54, 1.807) is 33.7 Å². The standard InChI is InChI=1S/C26H26N6O3/c1-26-17-29(24(34)28-22-12-13-27-32(22)19-10-6-3-7-11-19)14-15-30(26)25(35)31(23(26)33)21-16-20(21)18-8-4-2-5-9-18/h2-13,20-21H,14-17H2,1H3,(H,28,34). The van der Waals surface area contributed by atoms with E-state index < -0.39 is 5.54 Å². The fraction of sp³-hybridized carbons (Fsp3) is 0.308. The predicted octanol–water partition coefficient (Wildman–Crippen LogP) is 3.30. The van der Waals surface area contributed by atoms with Crippen molar-refractivity contribution in [2.24, 2.45) is 0 Å². The number of benzene rings is 2. The molecule has 0 spiro atoms. The van der Waals surface area contributed by atoms with Gasteiger partial charge in [-0.25, -0.2) is 14.3 Å². The Labute approximate surface area is 202 Å². The SMILES string of the molecule is CC12CN(C(=O)Nc3ccnn3-c3ccccc3)CCN1C(=O)N(C1CC1c1ccccc1)C2=O. The number of imide groups is 1. The minimum Gasteiger partial charge on any atom is -0.320 e. The van der Waals surface area contributed by atoms with Crippen molar-refractivity contribution in [3.8, 4) is 5.69 Å². The summed E-state index contributed by atoms with van der Waals surface area (Å²) in [6, 6.07) is 20.5. The van der Waals surface area contributed by atoms with Gasteiger partial charge in [0.25, 0.3) is 5.91 Å². The second-order valence-corrected chi connectivity index (χ2v) is 9.52. The van der Waals surface area contributed by atoms with E-state index in [1.807, 2.05) is 60.7 Å². The molecule has 3 fully saturated rings. The highest BCUT2D eigenvalue weighted by Crippen LogP contribution is 2.48. The second-order valence-electron chi connectivity index (χ2n) is 9.52. The fourth-order valence-corrected chi connectivity index (χ4v) is 5.32. The van der Waals surface area contributed by atoms with E-state index in [9.17, 15) is 14.4 Å². The van der Waals surface area contributed by atoms with Gasteiger partial charge in [0.1, 0.15) is 11.4 Å². The topological polar surface area (TPSA) is 90.8 Å². The Balaban J connectivity index is 1.17. The number of nitrogens with one attached hydrogen (secondary N) is 1. The molecule has 2 saturated heterocycles. The van der Waals surface area contributed by atoms with Crippen molar-refractivity contribution in [2.45, 2.75) is 30.8 Å². The maximum atomic E-state index is 13.5. The zero-order valence-electron chi connectivity index (χ0n) is 19.4. The van der Waals surface area contributed by atoms with Crippen LogP contribution in [-0.4, -0.2) is 73.7 Å². The number of hydrogen-bond donors (Lipinski definition) is 1. The van der Waals surface area contributed by atoms with Crippen LogP contribution in [0.3, 0.4) is 0 Å². The highest BCUT2D eigenvalue weighted by molar-refractivity contribution is 6.08. The molecule has 1 aliphatic carbocycles. The van der Waals surface area contributed by atoms with Crippen LogP contribution in [0.4, 0.5) is 15.4 Å². The van der Waals surface area contributed by atoms with Gasteiger partial charge in [0.05, 0.1) is 18.4 Å². The van der Waals surface area contributed by atoms with Crippen LogP contribution >= 0.6 is 0 Å². The van der Waals surface area contributed by atoms with Crippen molar-refractivity contribution in [1.82, 2.24) is 24.5 Å². The quantitative estimate of drug-likeness (QED) is 0.593. The molecule has 3 heterocycles. The first-order valence-electron chi connectivity index (χ1n) is 11.8. The van der Waals surface area contributed by atoms with Gasteiger partial charge < -0.3 is 9.80 Å². The Kier molecular flexibility index (Phi) is 4.87. The summed E-state index contributed by atoms with van der Waals surface area (Å²) in [5.41, 5.74) is 0.897. The Morgan fingerprint density at radius 2 is 1.71 bits per heavy atom. The van der Waals surface area contributed by atoms with E-state index in [-0.39, 0.29) is 36.5 Å². The number of urea groups is 2. The highest BCUT2D eigenvalue weighted by atomic mass is 16.2. The van der Waals surface area contributed by atoms with E-state index in [0.29, 0.717) is 18.9 Å². The number of piperazine rings is 1. The van der Waals surface area contributed by atoms with Crippen LogP contribution < -0.4 is 5.32 Å². The van der Waals surface area contributed by atoms with Gasteiger partial charge in [0.2, 0.25) is 0 Å². The molecule has 9 heteroatoms. The molecule has 2 aromatic carbocycles. The molecule has 1 N–H and O–H groups in total. The fourth-order valence-electron chi connectivity index (χ4n) is 5.32. The van der Waals surface area contributed by atoms with Crippen LogP contribution in [0.15, 0.2) is 72.9 Å². The number of anilines is 1. The Bertz CT molecular complexity index is 1290. The van der Waals surface area contributed by atoms with Gasteiger partial charge in [-0.3, -0.25) is 15.0 Å². The van der Waals surface area contributed by atoms with E-state index in [1.165, 1.54) is 4.90 Å². The number of fused-ring (bicyclic) bond motifs is 1. The van der Waals surface area contributed by atoms with Gasteiger partial charge in [-0.15, -0.1) is 0 Å². The van der Waals surface area contributed by atoms with Gasteiger partial charge in [-0.2, -0.15) is 5.10 Å². The van der Waals surface area contributed by atoms with Crippen LogP contribution in [0, 0.1) is 0 Å². The molecule has 5 amide bonds. The van der Waals surface area contributed by atoms with Crippen molar-refractivity contribution in [3.63, 3.8) is 0 Å². The number of rotatable bonds is 4. The molecule has 6 rings (SSSR count). The molecule has 0 bridgehead atoms. The van der Waals surface area contributed by atoms with Crippen molar-refractivity contribution in [1.29, 1.82) is 0 Å². The average Bonchev–Trinajstić information content (AvgIpc) is 3.47. The number of hydrogen-bond acceptors (Lipinski definition) is 4. The van der Waals surface area contributed by atoms with E-state index in [4.69, 9.17) is 0 Å². The number of nitrogens with zero attached hydrogens (tertiary/aromatic N) is 5. The van der Waals surface area contributed by atoms with Crippen LogP contribution in [0.1, 0.15) is 24.8 Å². The lowest BCUT2D eigenvalue weighted by Crippen LogP contribution is -2.62. The first kappa shape index (κ1) is 21.4. The molecular formula is C26H26N6O3. The lowest BCUT2D eigenvalue weighted by molar-refractivity contribution is -0.134. The van der Waals surface area contributed by atoms with Crippen molar-refractivity contribution in [3.05, 3.63) is 78.5 Å². The molecule has 1 aromatic heterocycles. The maximum absolute atomic E-state index is 13.5. The monoisotopic (exact) mass is 470 g/mol. The van der Waals surface area contributed by atoms with E-state index in [0.717, 1.165) is 17.7 Å². The van der Waals surface area contributed by atoms with Crippen molar-refractivity contribution < 1.29 is 14.4 Å².